The molecule has 102 valence electrons. The molecule has 4 nitrogen and oxygen atoms in total. The molecule has 0 aliphatic carbocycles. The van der Waals surface area contributed by atoms with Crippen molar-refractivity contribution in [2.24, 2.45) is 0 Å². The molecule has 0 atom stereocenters. The molecule has 1 aromatic rings. The highest BCUT2D eigenvalue weighted by Gasteiger charge is 2.35. The van der Waals surface area contributed by atoms with Gasteiger partial charge in [-0.2, -0.15) is 0 Å². The number of piperidine rings is 1. The van der Waals surface area contributed by atoms with Gasteiger partial charge in [0.25, 0.3) is 0 Å². The van der Waals surface area contributed by atoms with E-state index in [0.29, 0.717) is 6.04 Å². The molecule has 3 rings (SSSR count). The summed E-state index contributed by atoms with van der Waals surface area (Å²) in [4.78, 5) is 16.5. The highest BCUT2D eigenvalue weighted by Crippen LogP contribution is 2.20. The van der Waals surface area contributed by atoms with Crippen LogP contribution in [0.4, 0.5) is 10.5 Å². The van der Waals surface area contributed by atoms with Gasteiger partial charge in [-0.15, -0.1) is 0 Å². The first kappa shape index (κ1) is 12.5. The van der Waals surface area contributed by atoms with E-state index in [1.165, 1.54) is 32.4 Å². The standard InChI is InChI=1S/C15H21N3O/c19-15(16-13-7-3-1-4-8-13)18-11-14(12-18)17-9-5-2-6-10-17/h1,3-4,7-8,14H,2,5-6,9-12H2,(H,16,19). The largest absolute Gasteiger partial charge is 0.321 e. The number of nitrogens with one attached hydrogen (secondary N) is 1. The molecule has 0 spiro atoms. The van der Waals surface area contributed by atoms with Crippen molar-refractivity contribution < 1.29 is 4.79 Å². The predicted molar refractivity (Wildman–Crippen MR) is 76.2 cm³/mol. The van der Waals surface area contributed by atoms with E-state index in [4.69, 9.17) is 0 Å². The first-order chi connectivity index (χ1) is 9.33. The highest BCUT2D eigenvalue weighted by atomic mass is 16.2. The van der Waals surface area contributed by atoms with Gasteiger partial charge in [-0.05, 0) is 38.1 Å². The minimum atomic E-state index is 0.0273. The first-order valence-electron chi connectivity index (χ1n) is 7.18. The van der Waals surface area contributed by atoms with E-state index in [9.17, 15) is 4.79 Å². The summed E-state index contributed by atoms with van der Waals surface area (Å²) >= 11 is 0. The number of rotatable bonds is 2. The van der Waals surface area contributed by atoms with Gasteiger partial charge in [0.05, 0.1) is 0 Å². The quantitative estimate of drug-likeness (QED) is 0.885. The van der Waals surface area contributed by atoms with Gasteiger partial charge >= 0.3 is 6.03 Å². The molecule has 19 heavy (non-hydrogen) atoms. The lowest BCUT2D eigenvalue weighted by atomic mass is 10.0. The number of carbonyl (C=O) groups is 1. The fourth-order valence-corrected chi connectivity index (χ4v) is 2.86. The zero-order valence-corrected chi connectivity index (χ0v) is 11.2. The molecule has 4 heteroatoms. The Balaban J connectivity index is 1.46. The van der Waals surface area contributed by atoms with Gasteiger partial charge in [0.2, 0.25) is 0 Å². The SMILES string of the molecule is O=C(Nc1ccccc1)N1CC(N2CCCCC2)C1. The van der Waals surface area contributed by atoms with Crippen LogP contribution in [0.15, 0.2) is 30.3 Å². The lowest BCUT2D eigenvalue weighted by molar-refractivity contribution is 0.0493. The van der Waals surface area contributed by atoms with Gasteiger partial charge < -0.3 is 10.2 Å². The van der Waals surface area contributed by atoms with Gasteiger partial charge in [0.15, 0.2) is 0 Å². The fraction of sp³-hybridized carbons (Fsp3) is 0.533. The van der Waals surface area contributed by atoms with E-state index in [0.717, 1.165) is 18.8 Å². The Morgan fingerprint density at radius 2 is 1.74 bits per heavy atom. The monoisotopic (exact) mass is 259 g/mol. The number of hydrogen-bond donors (Lipinski definition) is 1. The van der Waals surface area contributed by atoms with Gasteiger partial charge in [-0.1, -0.05) is 24.6 Å². The van der Waals surface area contributed by atoms with E-state index < -0.39 is 0 Å². The number of hydrogen-bond acceptors (Lipinski definition) is 2. The van der Waals surface area contributed by atoms with E-state index in [2.05, 4.69) is 10.2 Å². The van der Waals surface area contributed by atoms with Crippen LogP contribution in [0.3, 0.4) is 0 Å². The van der Waals surface area contributed by atoms with E-state index in [-0.39, 0.29) is 6.03 Å². The normalized spacial score (nSPS) is 20.9. The smallest absolute Gasteiger partial charge is 0.321 e. The predicted octanol–water partition coefficient (Wildman–Crippen LogP) is 2.39. The van der Waals surface area contributed by atoms with Crippen molar-refractivity contribution >= 4 is 11.7 Å². The summed E-state index contributed by atoms with van der Waals surface area (Å²) in [5.74, 6) is 0. The third-order valence-corrected chi connectivity index (χ3v) is 4.08. The molecule has 0 radical (unpaired) electrons. The second-order valence-electron chi connectivity index (χ2n) is 5.45. The summed E-state index contributed by atoms with van der Waals surface area (Å²) < 4.78 is 0. The minimum absolute atomic E-state index is 0.0273. The van der Waals surface area contributed by atoms with Crippen LogP contribution in [0.2, 0.25) is 0 Å². The molecule has 2 amide bonds. The Morgan fingerprint density at radius 3 is 2.42 bits per heavy atom. The topological polar surface area (TPSA) is 35.6 Å². The highest BCUT2D eigenvalue weighted by molar-refractivity contribution is 5.89. The van der Waals surface area contributed by atoms with Crippen LogP contribution in [-0.4, -0.2) is 48.1 Å². The Bertz CT molecular complexity index is 422. The fourth-order valence-electron chi connectivity index (χ4n) is 2.86. The van der Waals surface area contributed by atoms with Crippen LogP contribution in [0.1, 0.15) is 19.3 Å². The average Bonchev–Trinajstić information content (AvgIpc) is 2.39. The first-order valence-corrected chi connectivity index (χ1v) is 7.18. The maximum absolute atomic E-state index is 12.0. The second kappa shape index (κ2) is 5.61. The third-order valence-electron chi connectivity index (χ3n) is 4.08. The maximum atomic E-state index is 12.0. The van der Waals surface area contributed by atoms with Gasteiger partial charge in [-0.3, -0.25) is 4.90 Å². The minimum Gasteiger partial charge on any atom is -0.321 e. The van der Waals surface area contributed by atoms with Crippen molar-refractivity contribution in [3.8, 4) is 0 Å². The Kier molecular flexibility index (Phi) is 3.69. The van der Waals surface area contributed by atoms with E-state index >= 15 is 0 Å². The average molecular weight is 259 g/mol. The van der Waals surface area contributed by atoms with Crippen molar-refractivity contribution in [2.45, 2.75) is 25.3 Å². The lowest BCUT2D eigenvalue weighted by Crippen LogP contribution is -2.62. The number of anilines is 1. The van der Waals surface area contributed by atoms with Crippen LogP contribution >= 0.6 is 0 Å². The molecular formula is C15H21N3O. The summed E-state index contributed by atoms with van der Waals surface area (Å²) in [5, 5.41) is 2.94. The number of amides is 2. The summed E-state index contributed by atoms with van der Waals surface area (Å²) in [5.41, 5.74) is 0.869. The molecule has 0 bridgehead atoms. The molecule has 2 fully saturated rings. The number of likely N-dealkylation sites (tertiary alicyclic amines) is 2. The molecule has 2 saturated heterocycles. The van der Waals surface area contributed by atoms with E-state index in [1.54, 1.807) is 0 Å². The Hall–Kier alpha value is -1.55. The van der Waals surface area contributed by atoms with Crippen molar-refractivity contribution in [3.63, 3.8) is 0 Å². The van der Waals surface area contributed by atoms with Crippen LogP contribution in [-0.2, 0) is 0 Å². The van der Waals surface area contributed by atoms with Crippen LogP contribution in [0, 0.1) is 0 Å². The molecule has 0 saturated carbocycles. The van der Waals surface area contributed by atoms with Gasteiger partial charge in [0.1, 0.15) is 0 Å². The van der Waals surface area contributed by atoms with Gasteiger partial charge in [-0.25, -0.2) is 4.79 Å². The van der Waals surface area contributed by atoms with Crippen LogP contribution in [0.25, 0.3) is 0 Å². The summed E-state index contributed by atoms with van der Waals surface area (Å²) in [6.07, 6.45) is 3.99. The van der Waals surface area contributed by atoms with Crippen molar-refractivity contribution in [1.29, 1.82) is 0 Å². The number of benzene rings is 1. The number of para-hydroxylation sites is 1. The molecule has 0 unspecified atom stereocenters. The molecule has 2 aliphatic heterocycles. The maximum Gasteiger partial charge on any atom is 0.321 e. The second-order valence-corrected chi connectivity index (χ2v) is 5.45. The lowest BCUT2D eigenvalue weighted by Gasteiger charge is -2.46. The summed E-state index contributed by atoms with van der Waals surface area (Å²) in [6.45, 7) is 4.16. The number of carbonyl (C=O) groups excluding carboxylic acids is 1. The summed E-state index contributed by atoms with van der Waals surface area (Å²) in [7, 11) is 0. The third kappa shape index (κ3) is 2.89. The van der Waals surface area contributed by atoms with Crippen molar-refractivity contribution in [2.75, 3.05) is 31.5 Å². The zero-order valence-electron chi connectivity index (χ0n) is 11.2. The Labute approximate surface area is 114 Å². The molecule has 2 heterocycles. The molecule has 1 aromatic carbocycles. The van der Waals surface area contributed by atoms with Crippen molar-refractivity contribution in [1.82, 2.24) is 9.80 Å². The molecular weight excluding hydrogens is 238 g/mol. The Morgan fingerprint density at radius 1 is 1.05 bits per heavy atom. The van der Waals surface area contributed by atoms with E-state index in [1.807, 2.05) is 35.2 Å². The van der Waals surface area contributed by atoms with Gasteiger partial charge in [0, 0.05) is 24.8 Å². The zero-order chi connectivity index (χ0) is 13.1. The molecule has 2 aliphatic rings. The molecule has 0 aromatic heterocycles. The van der Waals surface area contributed by atoms with Crippen molar-refractivity contribution in [3.05, 3.63) is 30.3 Å². The number of urea groups is 1. The summed E-state index contributed by atoms with van der Waals surface area (Å²) in [6, 6.07) is 10.3. The van der Waals surface area contributed by atoms with Crippen LogP contribution < -0.4 is 5.32 Å². The van der Waals surface area contributed by atoms with Crippen LogP contribution in [0.5, 0.6) is 0 Å². The number of nitrogens with zero attached hydrogens (tertiary/aromatic N) is 2. The molecule has 1 N–H and O–H groups in total.